The largest absolute Gasteiger partial charge is 0.309 e. The van der Waals surface area contributed by atoms with Gasteiger partial charge in [-0.2, -0.15) is 0 Å². The van der Waals surface area contributed by atoms with E-state index in [-0.39, 0.29) is 0 Å². The Labute approximate surface area is 260 Å². The summed E-state index contributed by atoms with van der Waals surface area (Å²) >= 11 is 0. The molecule has 0 aliphatic heterocycles. The Hall–Kier alpha value is -6.06. The standard InChI is InChI=1S/C42H27N3/c1-2-12-33-30(10-1)11-9-16-36(33)41-37-15-3-6-17-38(37)43-42(44-41)31-22-20-28(21-23-31)29-24-26-32(27-25-29)45-39-18-7-4-13-34(39)35-14-5-8-19-40(35)45/h1-27H. The minimum absolute atomic E-state index is 0.727. The lowest BCUT2D eigenvalue weighted by Crippen LogP contribution is -1.96. The smallest absolute Gasteiger partial charge is 0.160 e. The van der Waals surface area contributed by atoms with Crippen LogP contribution in [-0.2, 0) is 0 Å². The topological polar surface area (TPSA) is 30.7 Å². The molecule has 0 atom stereocenters. The third-order valence-corrected chi connectivity index (χ3v) is 8.83. The maximum atomic E-state index is 5.17. The number of aromatic nitrogens is 3. The molecule has 3 heteroatoms. The van der Waals surface area contributed by atoms with Crippen LogP contribution in [0, 0.1) is 0 Å². The maximum Gasteiger partial charge on any atom is 0.160 e. The molecule has 2 heterocycles. The molecule has 0 fully saturated rings. The molecule has 0 saturated heterocycles. The van der Waals surface area contributed by atoms with Gasteiger partial charge in [-0.3, -0.25) is 0 Å². The molecule has 9 aromatic rings. The van der Waals surface area contributed by atoms with E-state index in [4.69, 9.17) is 9.97 Å². The van der Waals surface area contributed by atoms with Gasteiger partial charge in [-0.25, -0.2) is 9.97 Å². The first-order valence-corrected chi connectivity index (χ1v) is 15.3. The highest BCUT2D eigenvalue weighted by Crippen LogP contribution is 2.35. The summed E-state index contributed by atoms with van der Waals surface area (Å²) in [6.07, 6.45) is 0. The van der Waals surface area contributed by atoms with Gasteiger partial charge in [0.2, 0.25) is 0 Å². The van der Waals surface area contributed by atoms with Crippen LogP contribution in [0.15, 0.2) is 164 Å². The Morgan fingerprint density at radius 2 is 0.911 bits per heavy atom. The Morgan fingerprint density at radius 3 is 1.62 bits per heavy atom. The molecule has 45 heavy (non-hydrogen) atoms. The third kappa shape index (κ3) is 4.21. The zero-order chi connectivity index (χ0) is 29.7. The fourth-order valence-electron chi connectivity index (χ4n) is 6.66. The summed E-state index contributed by atoms with van der Waals surface area (Å²) in [6, 6.07) is 57.9. The molecule has 0 N–H and O–H groups in total. The van der Waals surface area contributed by atoms with Crippen molar-refractivity contribution in [3.63, 3.8) is 0 Å². The number of hydrogen-bond acceptors (Lipinski definition) is 2. The number of fused-ring (bicyclic) bond motifs is 5. The Kier molecular flexibility index (Phi) is 5.82. The van der Waals surface area contributed by atoms with E-state index in [0.717, 1.165) is 44.8 Å². The Balaban J connectivity index is 1.09. The summed E-state index contributed by atoms with van der Waals surface area (Å²) in [5.74, 6) is 0.727. The molecule has 0 bridgehead atoms. The van der Waals surface area contributed by atoms with E-state index in [9.17, 15) is 0 Å². The van der Waals surface area contributed by atoms with Crippen molar-refractivity contribution in [1.29, 1.82) is 0 Å². The fraction of sp³-hybridized carbons (Fsp3) is 0. The molecule has 210 valence electrons. The normalized spacial score (nSPS) is 11.6. The zero-order valence-electron chi connectivity index (χ0n) is 24.4. The predicted octanol–water partition coefficient (Wildman–Crippen LogP) is 10.9. The quantitative estimate of drug-likeness (QED) is 0.210. The van der Waals surface area contributed by atoms with E-state index in [1.165, 1.54) is 38.1 Å². The predicted molar refractivity (Wildman–Crippen MR) is 188 cm³/mol. The van der Waals surface area contributed by atoms with E-state index >= 15 is 0 Å². The van der Waals surface area contributed by atoms with Crippen LogP contribution in [0.5, 0.6) is 0 Å². The summed E-state index contributed by atoms with van der Waals surface area (Å²) in [5.41, 5.74) is 9.92. The van der Waals surface area contributed by atoms with Gasteiger partial charge in [-0.1, -0.05) is 133 Å². The van der Waals surface area contributed by atoms with Gasteiger partial charge < -0.3 is 4.57 Å². The van der Waals surface area contributed by atoms with Gasteiger partial charge in [-0.15, -0.1) is 0 Å². The number of benzene rings is 7. The Bertz CT molecular complexity index is 2460. The lowest BCUT2D eigenvalue weighted by atomic mass is 9.99. The van der Waals surface area contributed by atoms with Gasteiger partial charge in [-0.05, 0) is 52.2 Å². The van der Waals surface area contributed by atoms with Crippen LogP contribution in [-0.4, -0.2) is 14.5 Å². The molecule has 0 unspecified atom stereocenters. The highest BCUT2D eigenvalue weighted by Gasteiger charge is 2.14. The number of para-hydroxylation sites is 3. The monoisotopic (exact) mass is 573 g/mol. The Morgan fingerprint density at radius 1 is 0.378 bits per heavy atom. The highest BCUT2D eigenvalue weighted by molar-refractivity contribution is 6.09. The molecule has 9 rings (SSSR count). The van der Waals surface area contributed by atoms with Crippen LogP contribution >= 0.6 is 0 Å². The lowest BCUT2D eigenvalue weighted by molar-refractivity contribution is 1.18. The molecule has 0 radical (unpaired) electrons. The van der Waals surface area contributed by atoms with E-state index in [0.29, 0.717) is 0 Å². The first-order chi connectivity index (χ1) is 22.3. The van der Waals surface area contributed by atoms with Crippen LogP contribution in [0.4, 0.5) is 0 Å². The van der Waals surface area contributed by atoms with Crippen LogP contribution in [0.2, 0.25) is 0 Å². The molecule has 3 nitrogen and oxygen atoms in total. The molecule has 0 aliphatic carbocycles. The molecule has 0 aliphatic rings. The average Bonchev–Trinajstić information content (AvgIpc) is 3.45. The molecule has 0 saturated carbocycles. The average molecular weight is 574 g/mol. The van der Waals surface area contributed by atoms with E-state index in [1.54, 1.807) is 0 Å². The van der Waals surface area contributed by atoms with Gasteiger partial charge >= 0.3 is 0 Å². The second-order valence-corrected chi connectivity index (χ2v) is 11.4. The number of hydrogen-bond donors (Lipinski definition) is 0. The van der Waals surface area contributed by atoms with Gasteiger partial charge in [0.25, 0.3) is 0 Å². The SMILES string of the molecule is c1ccc2c(-c3nc(-c4ccc(-c5ccc(-n6c7ccccc7c7ccccc76)cc5)cc4)nc4ccccc34)cccc2c1. The van der Waals surface area contributed by atoms with Crippen molar-refractivity contribution in [3.05, 3.63) is 164 Å². The highest BCUT2D eigenvalue weighted by atomic mass is 15.0. The summed E-state index contributed by atoms with van der Waals surface area (Å²) in [5, 5.41) is 5.99. The molecular weight excluding hydrogens is 546 g/mol. The van der Waals surface area contributed by atoms with Crippen LogP contribution < -0.4 is 0 Å². The van der Waals surface area contributed by atoms with Gasteiger partial charge in [0.15, 0.2) is 5.82 Å². The summed E-state index contributed by atoms with van der Waals surface area (Å²) in [7, 11) is 0. The van der Waals surface area contributed by atoms with Crippen molar-refractivity contribution in [2.45, 2.75) is 0 Å². The summed E-state index contributed by atoms with van der Waals surface area (Å²) in [6.45, 7) is 0. The van der Waals surface area contributed by atoms with Crippen molar-refractivity contribution < 1.29 is 0 Å². The molecular formula is C42H27N3. The second-order valence-electron chi connectivity index (χ2n) is 11.4. The first kappa shape index (κ1) is 25.4. The van der Waals surface area contributed by atoms with Gasteiger partial charge in [0, 0.05) is 33.0 Å². The van der Waals surface area contributed by atoms with Crippen LogP contribution in [0.1, 0.15) is 0 Å². The van der Waals surface area contributed by atoms with Crippen LogP contribution in [0.3, 0.4) is 0 Å². The van der Waals surface area contributed by atoms with Crippen molar-refractivity contribution in [2.24, 2.45) is 0 Å². The summed E-state index contributed by atoms with van der Waals surface area (Å²) in [4.78, 5) is 10.2. The lowest BCUT2D eigenvalue weighted by Gasteiger charge is -2.12. The van der Waals surface area contributed by atoms with Gasteiger partial charge in [0.05, 0.1) is 22.2 Å². The first-order valence-electron chi connectivity index (χ1n) is 15.3. The minimum atomic E-state index is 0.727. The minimum Gasteiger partial charge on any atom is -0.309 e. The molecule has 0 amide bonds. The molecule has 7 aromatic carbocycles. The van der Waals surface area contributed by atoms with Crippen LogP contribution in [0.25, 0.3) is 82.9 Å². The fourth-order valence-corrected chi connectivity index (χ4v) is 6.66. The van der Waals surface area contributed by atoms with Crippen molar-refractivity contribution >= 4 is 43.5 Å². The van der Waals surface area contributed by atoms with E-state index in [1.807, 2.05) is 6.07 Å². The van der Waals surface area contributed by atoms with Crippen molar-refractivity contribution in [1.82, 2.24) is 14.5 Å². The third-order valence-electron chi connectivity index (χ3n) is 8.83. The van der Waals surface area contributed by atoms with Crippen molar-refractivity contribution in [2.75, 3.05) is 0 Å². The van der Waals surface area contributed by atoms with E-state index < -0.39 is 0 Å². The zero-order valence-corrected chi connectivity index (χ0v) is 24.4. The van der Waals surface area contributed by atoms with Gasteiger partial charge in [0.1, 0.15) is 0 Å². The van der Waals surface area contributed by atoms with E-state index in [2.05, 4.69) is 162 Å². The second kappa shape index (κ2) is 10.3. The molecule has 0 spiro atoms. The number of rotatable bonds is 4. The van der Waals surface area contributed by atoms with Crippen molar-refractivity contribution in [3.8, 4) is 39.5 Å². The maximum absolute atomic E-state index is 5.17. The number of nitrogens with zero attached hydrogens (tertiary/aromatic N) is 3. The summed E-state index contributed by atoms with van der Waals surface area (Å²) < 4.78 is 2.35. The molecule has 2 aromatic heterocycles.